The van der Waals surface area contributed by atoms with Crippen molar-refractivity contribution in [2.45, 2.75) is 76.7 Å². The molecule has 2 heterocycles. The van der Waals surface area contributed by atoms with Crippen molar-refractivity contribution < 1.29 is 9.32 Å². The van der Waals surface area contributed by atoms with Gasteiger partial charge in [0.15, 0.2) is 5.69 Å². The second-order valence-electron chi connectivity index (χ2n) is 7.25. The van der Waals surface area contributed by atoms with Gasteiger partial charge in [-0.1, -0.05) is 24.4 Å². The first-order valence-corrected chi connectivity index (χ1v) is 9.13. The summed E-state index contributed by atoms with van der Waals surface area (Å²) in [5.41, 5.74) is 1.73. The van der Waals surface area contributed by atoms with E-state index in [2.05, 4.69) is 10.1 Å². The second-order valence-corrected chi connectivity index (χ2v) is 7.25. The van der Waals surface area contributed by atoms with Crippen molar-refractivity contribution in [3.63, 3.8) is 0 Å². The Morgan fingerprint density at radius 2 is 1.77 bits per heavy atom. The molecule has 1 amide bonds. The first-order valence-electron chi connectivity index (χ1n) is 9.13. The lowest BCUT2D eigenvalue weighted by molar-refractivity contribution is 0.0558. The predicted molar refractivity (Wildman–Crippen MR) is 83.8 cm³/mol. The maximum atomic E-state index is 13.1. The van der Waals surface area contributed by atoms with E-state index in [9.17, 15) is 4.79 Å². The minimum absolute atomic E-state index is 0.144. The van der Waals surface area contributed by atoms with Crippen molar-refractivity contribution in [1.82, 2.24) is 10.1 Å². The summed E-state index contributed by atoms with van der Waals surface area (Å²) in [6, 6.07) is 0.444. The fraction of sp³-hybridized carbons (Fsp3) is 0.778. The highest BCUT2D eigenvalue weighted by atomic mass is 16.5. The SMILES string of the molecule is O=C(c1noc2c1CCCC2)N1CCCC[C@H]2CCCC[C@H]21. The summed E-state index contributed by atoms with van der Waals surface area (Å²) >= 11 is 0. The summed E-state index contributed by atoms with van der Waals surface area (Å²) in [5, 5.41) is 4.17. The Kier molecular flexibility index (Phi) is 3.93. The fourth-order valence-corrected chi connectivity index (χ4v) is 4.73. The molecule has 3 aliphatic rings. The third-order valence-corrected chi connectivity index (χ3v) is 5.91. The Morgan fingerprint density at radius 3 is 2.68 bits per heavy atom. The van der Waals surface area contributed by atoms with Gasteiger partial charge in [0.25, 0.3) is 5.91 Å². The zero-order chi connectivity index (χ0) is 14.9. The lowest BCUT2D eigenvalue weighted by atomic mass is 9.81. The Morgan fingerprint density at radius 1 is 1.00 bits per heavy atom. The van der Waals surface area contributed by atoms with Crippen molar-refractivity contribution in [2.75, 3.05) is 6.54 Å². The lowest BCUT2D eigenvalue weighted by Gasteiger charge is -2.38. The summed E-state index contributed by atoms with van der Waals surface area (Å²) in [7, 11) is 0. The molecule has 4 heteroatoms. The van der Waals surface area contributed by atoms with Crippen LogP contribution in [0.15, 0.2) is 4.52 Å². The number of aromatic nitrogens is 1. The molecule has 0 spiro atoms. The monoisotopic (exact) mass is 302 g/mol. The van der Waals surface area contributed by atoms with Crippen molar-refractivity contribution >= 4 is 5.91 Å². The highest BCUT2D eigenvalue weighted by Gasteiger charge is 2.37. The normalized spacial score (nSPS) is 28.6. The van der Waals surface area contributed by atoms with Crippen LogP contribution in [0.2, 0.25) is 0 Å². The molecule has 4 nitrogen and oxygen atoms in total. The number of hydrogen-bond donors (Lipinski definition) is 0. The molecule has 1 saturated heterocycles. The molecular weight excluding hydrogens is 276 g/mol. The van der Waals surface area contributed by atoms with Crippen molar-refractivity contribution in [2.24, 2.45) is 5.92 Å². The standard InChI is InChI=1S/C18H26N2O2/c21-18(17-14-9-2-4-11-16(14)22-19-17)20-12-6-5-8-13-7-1-3-10-15(13)20/h13,15H,1-12H2/t13-,15-/m1/s1. The van der Waals surface area contributed by atoms with Crippen molar-refractivity contribution in [3.8, 4) is 0 Å². The lowest BCUT2D eigenvalue weighted by Crippen LogP contribution is -2.45. The van der Waals surface area contributed by atoms with E-state index in [1.54, 1.807) is 0 Å². The van der Waals surface area contributed by atoms with Crippen LogP contribution in [0.5, 0.6) is 0 Å². The molecule has 1 saturated carbocycles. The van der Waals surface area contributed by atoms with Gasteiger partial charge >= 0.3 is 0 Å². The molecule has 1 aromatic heterocycles. The number of carbonyl (C=O) groups excluding carboxylic acids is 1. The van der Waals surface area contributed by atoms with E-state index >= 15 is 0 Å². The summed E-state index contributed by atoms with van der Waals surface area (Å²) in [6.07, 6.45) is 13.0. The molecule has 0 unspecified atom stereocenters. The minimum atomic E-state index is 0.144. The van der Waals surface area contributed by atoms with Crippen LogP contribution in [-0.2, 0) is 12.8 Å². The Balaban J connectivity index is 1.61. The Labute approximate surface area is 132 Å². The molecule has 2 fully saturated rings. The van der Waals surface area contributed by atoms with Gasteiger partial charge in [-0.2, -0.15) is 0 Å². The third kappa shape index (κ3) is 2.46. The third-order valence-electron chi connectivity index (χ3n) is 5.91. The zero-order valence-electron chi connectivity index (χ0n) is 13.4. The second kappa shape index (κ2) is 6.05. The number of likely N-dealkylation sites (tertiary alicyclic amines) is 1. The largest absolute Gasteiger partial charge is 0.360 e. The topological polar surface area (TPSA) is 46.3 Å². The van der Waals surface area contributed by atoms with Gasteiger partial charge in [-0.25, -0.2) is 0 Å². The molecule has 4 rings (SSSR count). The Hall–Kier alpha value is -1.32. The number of aryl methyl sites for hydroxylation is 1. The van der Waals surface area contributed by atoms with Crippen LogP contribution >= 0.6 is 0 Å². The summed E-state index contributed by atoms with van der Waals surface area (Å²) in [6.45, 7) is 0.904. The number of fused-ring (bicyclic) bond motifs is 2. The minimum Gasteiger partial charge on any atom is -0.360 e. The molecule has 1 aliphatic heterocycles. The summed E-state index contributed by atoms with van der Waals surface area (Å²) < 4.78 is 5.47. The van der Waals surface area contributed by atoms with Gasteiger partial charge in [-0.05, 0) is 50.9 Å². The van der Waals surface area contributed by atoms with Gasteiger partial charge < -0.3 is 9.42 Å². The van der Waals surface area contributed by atoms with Gasteiger partial charge in [-0.3, -0.25) is 4.79 Å². The molecule has 0 aromatic carbocycles. The number of rotatable bonds is 1. The van der Waals surface area contributed by atoms with Gasteiger partial charge in [0.05, 0.1) is 0 Å². The maximum absolute atomic E-state index is 13.1. The van der Waals surface area contributed by atoms with Gasteiger partial charge in [0.2, 0.25) is 0 Å². The first-order chi connectivity index (χ1) is 10.8. The molecule has 22 heavy (non-hydrogen) atoms. The molecular formula is C18H26N2O2. The highest BCUT2D eigenvalue weighted by molar-refractivity contribution is 5.94. The molecule has 0 bridgehead atoms. The van der Waals surface area contributed by atoms with Crippen LogP contribution in [0.25, 0.3) is 0 Å². The maximum Gasteiger partial charge on any atom is 0.276 e. The van der Waals surface area contributed by atoms with Crippen LogP contribution < -0.4 is 0 Å². The van der Waals surface area contributed by atoms with E-state index in [0.29, 0.717) is 17.7 Å². The van der Waals surface area contributed by atoms with Gasteiger partial charge in [-0.15, -0.1) is 0 Å². The molecule has 120 valence electrons. The van der Waals surface area contributed by atoms with Crippen LogP contribution in [0.1, 0.15) is 79.6 Å². The van der Waals surface area contributed by atoms with Crippen LogP contribution in [-0.4, -0.2) is 28.6 Å². The molecule has 2 atom stereocenters. The molecule has 0 N–H and O–H groups in total. The van der Waals surface area contributed by atoms with Crippen LogP contribution in [0.3, 0.4) is 0 Å². The molecule has 2 aliphatic carbocycles. The van der Waals surface area contributed by atoms with E-state index in [-0.39, 0.29) is 5.91 Å². The zero-order valence-corrected chi connectivity index (χ0v) is 13.4. The van der Waals surface area contributed by atoms with E-state index in [1.165, 1.54) is 38.5 Å². The molecule has 1 aromatic rings. The average Bonchev–Trinajstić information content (AvgIpc) is 2.87. The van der Waals surface area contributed by atoms with E-state index < -0.39 is 0 Å². The fourth-order valence-electron chi connectivity index (χ4n) is 4.73. The van der Waals surface area contributed by atoms with Crippen LogP contribution in [0, 0.1) is 5.92 Å². The Bertz CT molecular complexity index is 551. The number of amides is 1. The van der Waals surface area contributed by atoms with Gasteiger partial charge in [0, 0.05) is 24.6 Å². The average molecular weight is 302 g/mol. The molecule has 0 radical (unpaired) electrons. The van der Waals surface area contributed by atoms with Crippen molar-refractivity contribution in [3.05, 3.63) is 17.0 Å². The number of hydrogen-bond acceptors (Lipinski definition) is 3. The van der Waals surface area contributed by atoms with Gasteiger partial charge in [0.1, 0.15) is 5.76 Å². The van der Waals surface area contributed by atoms with E-state index in [0.717, 1.165) is 50.0 Å². The van der Waals surface area contributed by atoms with Crippen LogP contribution in [0.4, 0.5) is 0 Å². The summed E-state index contributed by atoms with van der Waals surface area (Å²) in [4.78, 5) is 15.3. The quantitative estimate of drug-likeness (QED) is 0.794. The first kappa shape index (κ1) is 14.3. The van der Waals surface area contributed by atoms with E-state index in [4.69, 9.17) is 4.52 Å². The number of carbonyl (C=O) groups is 1. The summed E-state index contributed by atoms with van der Waals surface area (Å²) in [5.74, 6) is 1.82. The highest BCUT2D eigenvalue weighted by Crippen LogP contribution is 2.36. The number of nitrogens with zero attached hydrogens (tertiary/aromatic N) is 2. The smallest absolute Gasteiger partial charge is 0.276 e. The van der Waals surface area contributed by atoms with E-state index in [1.807, 2.05) is 0 Å². The van der Waals surface area contributed by atoms with Crippen molar-refractivity contribution in [1.29, 1.82) is 0 Å². The predicted octanol–water partition coefficient (Wildman–Crippen LogP) is 3.74.